The first-order valence-electron chi connectivity index (χ1n) is 20.8. The Morgan fingerprint density at radius 3 is 1.52 bits per heavy atom. The predicted molar refractivity (Wildman–Crippen MR) is 201 cm³/mol. The second kappa shape index (κ2) is 20.3. The van der Waals surface area contributed by atoms with Crippen LogP contribution >= 0.6 is 0 Å². The van der Waals surface area contributed by atoms with E-state index in [2.05, 4.69) is 20.4 Å². The van der Waals surface area contributed by atoms with Crippen LogP contribution in [0.5, 0.6) is 11.5 Å². The summed E-state index contributed by atoms with van der Waals surface area (Å²) in [5.41, 5.74) is 0.0597. The third kappa shape index (κ3) is 11.4. The van der Waals surface area contributed by atoms with Gasteiger partial charge in [0.1, 0.15) is 17.1 Å². The Morgan fingerprint density at radius 1 is 0.615 bits per heavy atom. The summed E-state index contributed by atoms with van der Waals surface area (Å²) in [6, 6.07) is 4.62. The second-order valence-electron chi connectivity index (χ2n) is 16.3. The molecule has 4 aliphatic rings. The van der Waals surface area contributed by atoms with Gasteiger partial charge < -0.3 is 18.9 Å². The van der Waals surface area contributed by atoms with Gasteiger partial charge in [0, 0.05) is 6.08 Å². The molecule has 0 spiro atoms. The molecular formula is C44H64O8. The highest BCUT2D eigenvalue weighted by atomic mass is 16.6. The fraction of sp³-hybridized carbons (Fsp3) is 0.727. The number of esters is 4. The van der Waals surface area contributed by atoms with Crippen LogP contribution in [0, 0.1) is 47.3 Å². The molecule has 4 fully saturated rings. The summed E-state index contributed by atoms with van der Waals surface area (Å²) >= 11 is 0. The molecule has 5 rings (SSSR count). The van der Waals surface area contributed by atoms with Crippen molar-refractivity contribution >= 4 is 23.9 Å². The molecule has 8 heteroatoms. The molecule has 0 bridgehead atoms. The van der Waals surface area contributed by atoms with Crippen molar-refractivity contribution in [2.45, 2.75) is 142 Å². The van der Waals surface area contributed by atoms with Crippen LogP contribution in [0.25, 0.3) is 0 Å². The van der Waals surface area contributed by atoms with Crippen molar-refractivity contribution in [1.82, 2.24) is 0 Å². The van der Waals surface area contributed by atoms with Gasteiger partial charge in [0.25, 0.3) is 0 Å². The van der Waals surface area contributed by atoms with E-state index in [9.17, 15) is 19.2 Å². The van der Waals surface area contributed by atoms with E-state index in [1.54, 1.807) is 12.1 Å². The number of benzene rings is 1. The van der Waals surface area contributed by atoms with Crippen LogP contribution in [0.3, 0.4) is 0 Å². The molecule has 1 aromatic carbocycles. The van der Waals surface area contributed by atoms with Crippen LogP contribution in [0.2, 0.25) is 0 Å². The van der Waals surface area contributed by atoms with Crippen molar-refractivity contribution in [2.75, 3.05) is 13.2 Å². The highest BCUT2D eigenvalue weighted by molar-refractivity contribution is 5.94. The SMILES string of the molecule is C=CC(=O)OCCCCOC(=O)c1cc(OC(=O)C2CCC(C3CCC(CC)CC3)CC2)ccc1OC(=O)C1CCC(C2CCC(CC)CC2)CC1. The molecule has 0 aliphatic heterocycles. The first-order valence-corrected chi connectivity index (χ1v) is 20.8. The van der Waals surface area contributed by atoms with E-state index < -0.39 is 11.9 Å². The summed E-state index contributed by atoms with van der Waals surface area (Å²) < 4.78 is 22.3. The molecule has 0 unspecified atom stereocenters. The quantitative estimate of drug-likeness (QED) is 0.0763. The largest absolute Gasteiger partial charge is 0.463 e. The van der Waals surface area contributed by atoms with E-state index in [0.717, 1.165) is 81.1 Å². The Balaban J connectivity index is 1.16. The van der Waals surface area contributed by atoms with E-state index in [1.807, 2.05) is 0 Å². The number of hydrogen-bond donors (Lipinski definition) is 0. The minimum absolute atomic E-state index is 0.0597. The van der Waals surface area contributed by atoms with Gasteiger partial charge in [0.2, 0.25) is 0 Å². The zero-order chi connectivity index (χ0) is 36.9. The van der Waals surface area contributed by atoms with Crippen molar-refractivity contribution in [3.8, 4) is 11.5 Å². The predicted octanol–water partition coefficient (Wildman–Crippen LogP) is 10.2. The highest BCUT2D eigenvalue weighted by Gasteiger charge is 2.35. The molecule has 0 atom stereocenters. The molecule has 4 saturated carbocycles. The normalized spacial score (nSPS) is 29.3. The average Bonchev–Trinajstić information content (AvgIpc) is 3.19. The topological polar surface area (TPSA) is 105 Å². The summed E-state index contributed by atoms with van der Waals surface area (Å²) in [5, 5.41) is 0. The van der Waals surface area contributed by atoms with Crippen LogP contribution < -0.4 is 9.47 Å². The molecule has 4 aliphatic carbocycles. The number of carbonyl (C=O) groups is 4. The van der Waals surface area contributed by atoms with Gasteiger partial charge in [0.15, 0.2) is 0 Å². The van der Waals surface area contributed by atoms with Crippen LogP contribution in [0.4, 0.5) is 0 Å². The van der Waals surface area contributed by atoms with Gasteiger partial charge in [-0.1, -0.05) is 59.0 Å². The summed E-state index contributed by atoms with van der Waals surface area (Å²) in [5.74, 6) is 2.92. The van der Waals surface area contributed by atoms with E-state index in [0.29, 0.717) is 24.7 Å². The lowest BCUT2D eigenvalue weighted by molar-refractivity contribution is -0.141. The number of ether oxygens (including phenoxy) is 4. The molecule has 8 nitrogen and oxygen atoms in total. The Bertz CT molecular complexity index is 1320. The number of rotatable bonds is 15. The van der Waals surface area contributed by atoms with Gasteiger partial charge in [-0.05, 0) is 144 Å². The fourth-order valence-corrected chi connectivity index (χ4v) is 9.68. The summed E-state index contributed by atoms with van der Waals surface area (Å²) in [6.07, 6.45) is 22.7. The lowest BCUT2D eigenvalue weighted by Crippen LogP contribution is -2.30. The molecule has 0 amide bonds. The van der Waals surface area contributed by atoms with Gasteiger partial charge >= 0.3 is 23.9 Å². The second-order valence-corrected chi connectivity index (χ2v) is 16.3. The smallest absolute Gasteiger partial charge is 0.342 e. The van der Waals surface area contributed by atoms with Crippen molar-refractivity contribution in [3.05, 3.63) is 36.4 Å². The van der Waals surface area contributed by atoms with Gasteiger partial charge in [-0.15, -0.1) is 0 Å². The van der Waals surface area contributed by atoms with Crippen LogP contribution in [-0.4, -0.2) is 37.1 Å². The van der Waals surface area contributed by atoms with Gasteiger partial charge in [-0.3, -0.25) is 9.59 Å². The van der Waals surface area contributed by atoms with Crippen LogP contribution in [0.1, 0.15) is 153 Å². The first kappa shape index (κ1) is 40.0. The zero-order valence-electron chi connectivity index (χ0n) is 32.0. The molecule has 0 radical (unpaired) electrons. The minimum atomic E-state index is -0.659. The standard InChI is InChI=1S/C44H64O8/c1-4-30-9-13-32(14-10-30)34-17-21-36(22-18-34)42(46)51-38-25-26-40(39(29-38)44(48)50-28-8-7-27-49-41(45)6-3)52-43(47)37-23-19-35(20-24-37)33-15-11-31(5-2)12-16-33/h6,25-26,29-37H,3-5,7-24,27-28H2,1-2H3. The molecule has 0 N–H and O–H groups in total. The number of carbonyl (C=O) groups excluding carboxylic acids is 4. The third-order valence-corrected chi connectivity index (χ3v) is 13.3. The van der Waals surface area contributed by atoms with E-state index in [-0.39, 0.29) is 54.1 Å². The van der Waals surface area contributed by atoms with E-state index in [4.69, 9.17) is 18.9 Å². The maximum atomic E-state index is 13.5. The summed E-state index contributed by atoms with van der Waals surface area (Å²) in [6.45, 7) is 8.27. The van der Waals surface area contributed by atoms with E-state index in [1.165, 1.54) is 70.3 Å². The Hall–Kier alpha value is -3.16. The van der Waals surface area contributed by atoms with E-state index >= 15 is 0 Å². The zero-order valence-corrected chi connectivity index (χ0v) is 32.0. The molecule has 0 saturated heterocycles. The minimum Gasteiger partial charge on any atom is -0.463 e. The van der Waals surface area contributed by atoms with Gasteiger partial charge in [-0.25, -0.2) is 9.59 Å². The van der Waals surface area contributed by atoms with Crippen molar-refractivity contribution in [3.63, 3.8) is 0 Å². The number of unbranched alkanes of at least 4 members (excludes halogenated alkanes) is 1. The Morgan fingerprint density at radius 2 is 1.06 bits per heavy atom. The average molecular weight is 721 g/mol. The van der Waals surface area contributed by atoms with Crippen LogP contribution in [0.15, 0.2) is 30.9 Å². The Labute approximate surface area is 312 Å². The molecule has 0 heterocycles. The summed E-state index contributed by atoms with van der Waals surface area (Å²) in [7, 11) is 0. The monoisotopic (exact) mass is 720 g/mol. The molecular weight excluding hydrogens is 656 g/mol. The molecule has 0 aromatic heterocycles. The van der Waals surface area contributed by atoms with Crippen molar-refractivity contribution in [1.29, 1.82) is 0 Å². The van der Waals surface area contributed by atoms with Gasteiger partial charge in [0.05, 0.1) is 25.0 Å². The summed E-state index contributed by atoms with van der Waals surface area (Å²) in [4.78, 5) is 51.5. The lowest BCUT2D eigenvalue weighted by Gasteiger charge is -2.37. The maximum absolute atomic E-state index is 13.5. The third-order valence-electron chi connectivity index (χ3n) is 13.3. The maximum Gasteiger partial charge on any atom is 0.342 e. The molecule has 288 valence electrons. The van der Waals surface area contributed by atoms with Crippen molar-refractivity contribution < 1.29 is 38.1 Å². The Kier molecular flexibility index (Phi) is 15.7. The first-order chi connectivity index (χ1) is 25.3. The highest BCUT2D eigenvalue weighted by Crippen LogP contribution is 2.44. The fourth-order valence-electron chi connectivity index (χ4n) is 9.68. The lowest BCUT2D eigenvalue weighted by atomic mass is 9.69. The molecule has 52 heavy (non-hydrogen) atoms. The van der Waals surface area contributed by atoms with Crippen LogP contribution in [-0.2, 0) is 23.9 Å². The number of hydrogen-bond acceptors (Lipinski definition) is 8. The van der Waals surface area contributed by atoms with Gasteiger partial charge in [-0.2, -0.15) is 0 Å². The van der Waals surface area contributed by atoms with Crippen molar-refractivity contribution in [2.24, 2.45) is 47.3 Å². The molecule has 1 aromatic rings.